The molecule has 4 heterocycles. The molecular formula is C55H33N3S. The number of fused-ring (bicyclic) bond motifs is 12. The van der Waals surface area contributed by atoms with Crippen LogP contribution in [0.3, 0.4) is 0 Å². The fourth-order valence-corrected chi connectivity index (χ4v) is 10.9. The predicted molar refractivity (Wildman–Crippen MR) is 252 cm³/mol. The zero-order valence-electron chi connectivity index (χ0n) is 31.8. The van der Waals surface area contributed by atoms with Crippen molar-refractivity contribution in [2.75, 3.05) is 0 Å². The van der Waals surface area contributed by atoms with E-state index in [9.17, 15) is 0 Å². The van der Waals surface area contributed by atoms with Crippen molar-refractivity contribution in [1.82, 2.24) is 14.1 Å². The minimum atomic E-state index is 1.02. The van der Waals surface area contributed by atoms with Gasteiger partial charge in [0.15, 0.2) is 0 Å². The number of benzene rings is 9. The van der Waals surface area contributed by atoms with Crippen molar-refractivity contribution in [3.8, 4) is 33.8 Å². The number of nitrogens with zero attached hydrogens (tertiary/aromatic N) is 3. The van der Waals surface area contributed by atoms with Gasteiger partial charge in [0, 0.05) is 64.0 Å². The summed E-state index contributed by atoms with van der Waals surface area (Å²) in [5.41, 5.74) is 12.4. The normalized spacial score (nSPS) is 12.1. The van der Waals surface area contributed by atoms with Gasteiger partial charge >= 0.3 is 0 Å². The third-order valence-corrected chi connectivity index (χ3v) is 13.4. The summed E-state index contributed by atoms with van der Waals surface area (Å²) in [6, 6.07) is 73.2. The summed E-state index contributed by atoms with van der Waals surface area (Å²) in [4.78, 5) is 5.53. The summed E-state index contributed by atoms with van der Waals surface area (Å²) in [7, 11) is 0. The van der Waals surface area contributed by atoms with Crippen molar-refractivity contribution in [2.45, 2.75) is 0 Å². The van der Waals surface area contributed by atoms with Crippen molar-refractivity contribution in [1.29, 1.82) is 0 Å². The Bertz CT molecular complexity index is 3620. The molecule has 13 rings (SSSR count). The van der Waals surface area contributed by atoms with E-state index < -0.39 is 0 Å². The average molecular weight is 768 g/mol. The molecule has 0 aliphatic heterocycles. The van der Waals surface area contributed by atoms with Crippen molar-refractivity contribution >= 4 is 96.8 Å². The molecule has 0 N–H and O–H groups in total. The lowest BCUT2D eigenvalue weighted by Gasteiger charge is -2.16. The van der Waals surface area contributed by atoms with Gasteiger partial charge < -0.3 is 9.13 Å². The SMILES string of the molecule is c1cc(-c2cc(-n3c4ccccc4c4ccccc43)cc(-n3c4ccccc4c4ccccc43)c2)cc(-c2nc3cc4ccccc4cc3c3sc4ccccc4c23)c1. The predicted octanol–water partition coefficient (Wildman–Crippen LogP) is 15.3. The molecule has 9 aromatic carbocycles. The third kappa shape index (κ3) is 4.84. The van der Waals surface area contributed by atoms with E-state index in [4.69, 9.17) is 4.98 Å². The zero-order valence-corrected chi connectivity index (χ0v) is 32.6. The van der Waals surface area contributed by atoms with E-state index in [2.05, 4.69) is 209 Å². The van der Waals surface area contributed by atoms with Crippen LogP contribution in [0.4, 0.5) is 0 Å². The average Bonchev–Trinajstić information content (AvgIpc) is 3.97. The largest absolute Gasteiger partial charge is 0.309 e. The first-order valence-electron chi connectivity index (χ1n) is 20.1. The molecule has 0 spiro atoms. The topological polar surface area (TPSA) is 22.8 Å². The number of rotatable bonds is 4. The molecular weight excluding hydrogens is 735 g/mol. The van der Waals surface area contributed by atoms with Gasteiger partial charge in [0.05, 0.1) is 33.3 Å². The fourth-order valence-electron chi connectivity index (χ4n) is 9.63. The highest BCUT2D eigenvalue weighted by molar-refractivity contribution is 7.26. The Kier molecular flexibility index (Phi) is 6.89. The summed E-state index contributed by atoms with van der Waals surface area (Å²) in [6.07, 6.45) is 0. The van der Waals surface area contributed by atoms with Crippen LogP contribution in [0.1, 0.15) is 0 Å². The monoisotopic (exact) mass is 767 g/mol. The molecule has 0 saturated heterocycles. The summed E-state index contributed by atoms with van der Waals surface area (Å²) < 4.78 is 7.43. The Hall–Kier alpha value is -7.53. The van der Waals surface area contributed by atoms with Gasteiger partial charge in [-0.3, -0.25) is 0 Å². The number of para-hydroxylation sites is 4. The quantitative estimate of drug-likeness (QED) is 0.164. The van der Waals surface area contributed by atoms with Gasteiger partial charge in [-0.25, -0.2) is 4.98 Å². The lowest BCUT2D eigenvalue weighted by molar-refractivity contribution is 1.13. The number of aromatic nitrogens is 3. The maximum absolute atomic E-state index is 5.53. The van der Waals surface area contributed by atoms with Crippen LogP contribution >= 0.6 is 11.3 Å². The number of thiophene rings is 1. The smallest absolute Gasteiger partial charge is 0.0803 e. The van der Waals surface area contributed by atoms with Crippen molar-refractivity contribution in [3.63, 3.8) is 0 Å². The van der Waals surface area contributed by atoms with Crippen molar-refractivity contribution < 1.29 is 0 Å². The summed E-state index contributed by atoms with van der Waals surface area (Å²) in [5.74, 6) is 0. The molecule has 3 nitrogen and oxygen atoms in total. The number of hydrogen-bond donors (Lipinski definition) is 0. The second-order valence-corrected chi connectivity index (χ2v) is 16.6. The molecule has 0 unspecified atom stereocenters. The van der Waals surface area contributed by atoms with E-state index in [0.29, 0.717) is 0 Å². The minimum Gasteiger partial charge on any atom is -0.309 e. The molecule has 0 aliphatic carbocycles. The van der Waals surface area contributed by atoms with Crippen LogP contribution in [0, 0.1) is 0 Å². The van der Waals surface area contributed by atoms with Gasteiger partial charge in [-0.2, -0.15) is 0 Å². The van der Waals surface area contributed by atoms with E-state index in [1.807, 2.05) is 11.3 Å². The van der Waals surface area contributed by atoms with Gasteiger partial charge in [0.25, 0.3) is 0 Å². The van der Waals surface area contributed by atoms with Gasteiger partial charge in [-0.05, 0) is 88.6 Å². The van der Waals surface area contributed by atoms with Gasteiger partial charge in [-0.1, -0.05) is 133 Å². The summed E-state index contributed by atoms with van der Waals surface area (Å²) >= 11 is 1.87. The minimum absolute atomic E-state index is 1.02. The summed E-state index contributed by atoms with van der Waals surface area (Å²) in [5, 5.41) is 11.1. The Morgan fingerprint density at radius 2 is 0.847 bits per heavy atom. The molecule has 4 aromatic heterocycles. The van der Waals surface area contributed by atoms with Crippen LogP contribution in [-0.2, 0) is 0 Å². The Balaban J connectivity index is 1.10. The molecule has 0 atom stereocenters. The standard InChI is InChI=1S/C55H33N3S/c1-2-15-36-32-47-46(31-35(36)14-1)55-53(45-22-7-12-27-52(45)59-55)54(56-47)37-17-13-16-34(28-37)38-29-39(57-48-23-8-3-18-41(48)42-19-4-9-24-49(42)57)33-40(30-38)58-50-25-10-5-20-43(50)44-21-6-11-26-51(44)58/h1-33H. The first-order valence-corrected chi connectivity index (χ1v) is 20.9. The summed E-state index contributed by atoms with van der Waals surface area (Å²) in [6.45, 7) is 0. The Morgan fingerprint density at radius 3 is 1.44 bits per heavy atom. The molecule has 0 bridgehead atoms. The molecule has 274 valence electrons. The zero-order chi connectivity index (χ0) is 38.6. The second-order valence-electron chi connectivity index (χ2n) is 15.5. The number of hydrogen-bond acceptors (Lipinski definition) is 2. The molecule has 0 radical (unpaired) electrons. The van der Waals surface area contributed by atoms with Crippen LogP contribution in [0.15, 0.2) is 200 Å². The van der Waals surface area contributed by atoms with Gasteiger partial charge in [0.2, 0.25) is 0 Å². The first kappa shape index (κ1) is 32.5. The van der Waals surface area contributed by atoms with Gasteiger partial charge in [0.1, 0.15) is 0 Å². The maximum atomic E-state index is 5.53. The molecule has 0 amide bonds. The van der Waals surface area contributed by atoms with E-state index in [1.54, 1.807) is 0 Å². The van der Waals surface area contributed by atoms with Crippen LogP contribution in [-0.4, -0.2) is 14.1 Å². The van der Waals surface area contributed by atoms with E-state index in [0.717, 1.165) is 39.3 Å². The van der Waals surface area contributed by atoms with Crippen LogP contribution < -0.4 is 0 Å². The third-order valence-electron chi connectivity index (χ3n) is 12.2. The van der Waals surface area contributed by atoms with Crippen LogP contribution in [0.5, 0.6) is 0 Å². The van der Waals surface area contributed by atoms with E-state index in [1.165, 1.54) is 79.9 Å². The molecule has 13 aromatic rings. The highest BCUT2D eigenvalue weighted by Crippen LogP contribution is 2.45. The first-order chi connectivity index (χ1) is 29.2. The van der Waals surface area contributed by atoms with Crippen LogP contribution in [0.2, 0.25) is 0 Å². The Morgan fingerprint density at radius 1 is 0.356 bits per heavy atom. The lowest BCUT2D eigenvalue weighted by atomic mass is 9.97. The molecule has 0 saturated carbocycles. The molecule has 4 heteroatoms. The van der Waals surface area contributed by atoms with E-state index >= 15 is 0 Å². The maximum Gasteiger partial charge on any atom is 0.0803 e. The fraction of sp³-hybridized carbons (Fsp3) is 0. The number of pyridine rings is 1. The van der Waals surface area contributed by atoms with Crippen molar-refractivity contribution in [3.05, 3.63) is 200 Å². The second kappa shape index (κ2) is 12.5. The van der Waals surface area contributed by atoms with Crippen molar-refractivity contribution in [2.24, 2.45) is 0 Å². The highest BCUT2D eigenvalue weighted by atomic mass is 32.1. The van der Waals surface area contributed by atoms with Crippen LogP contribution in [0.25, 0.3) is 119 Å². The molecule has 0 fully saturated rings. The molecule has 0 aliphatic rings. The van der Waals surface area contributed by atoms with E-state index in [-0.39, 0.29) is 0 Å². The molecule has 59 heavy (non-hydrogen) atoms. The highest BCUT2D eigenvalue weighted by Gasteiger charge is 2.20. The van der Waals surface area contributed by atoms with Gasteiger partial charge in [-0.15, -0.1) is 11.3 Å². The Labute approximate surface area is 343 Å². The lowest BCUT2D eigenvalue weighted by Crippen LogP contribution is -2.00.